The van der Waals surface area contributed by atoms with Gasteiger partial charge in [0.25, 0.3) is 0 Å². The van der Waals surface area contributed by atoms with Crippen molar-refractivity contribution < 1.29 is 23.9 Å². The Balaban J connectivity index is 1.75. The van der Waals surface area contributed by atoms with Gasteiger partial charge in [0.05, 0.1) is 0 Å². The zero-order chi connectivity index (χ0) is 22.1. The van der Waals surface area contributed by atoms with Crippen LogP contribution < -0.4 is 5.43 Å². The van der Waals surface area contributed by atoms with E-state index in [0.717, 1.165) is 16.1 Å². The summed E-state index contributed by atoms with van der Waals surface area (Å²) in [7, 11) is 0. The predicted octanol–water partition coefficient (Wildman–Crippen LogP) is 4.64. The number of amides is 2. The van der Waals surface area contributed by atoms with Crippen LogP contribution in [-0.4, -0.2) is 23.5 Å². The quantitative estimate of drug-likeness (QED) is 0.429. The van der Waals surface area contributed by atoms with Gasteiger partial charge >= 0.3 is 12.2 Å². The highest BCUT2D eigenvalue weighted by atomic mass is 32.1. The molecule has 31 heavy (non-hydrogen) atoms. The topological polar surface area (TPSA) is 84.9 Å². The van der Waals surface area contributed by atoms with Crippen molar-refractivity contribution in [2.45, 2.75) is 25.7 Å². The molecule has 2 amide bonds. The van der Waals surface area contributed by atoms with E-state index in [1.807, 2.05) is 36.4 Å². The molecule has 1 atom stereocenters. The lowest BCUT2D eigenvalue weighted by Crippen LogP contribution is -2.57. The lowest BCUT2D eigenvalue weighted by Gasteiger charge is -2.34. The molecule has 7 nitrogen and oxygen atoms in total. The number of carbonyl (C=O) groups excluding carboxylic acids is 3. The Morgan fingerprint density at radius 2 is 1.52 bits per heavy atom. The normalized spacial score (nSPS) is 12.3. The van der Waals surface area contributed by atoms with E-state index in [2.05, 4.69) is 5.43 Å². The summed E-state index contributed by atoms with van der Waals surface area (Å²) in [6.07, 6.45) is -1.19. The van der Waals surface area contributed by atoms with Gasteiger partial charge in [0.15, 0.2) is 11.8 Å². The van der Waals surface area contributed by atoms with Crippen LogP contribution in [0.15, 0.2) is 78.2 Å². The zero-order valence-corrected chi connectivity index (χ0v) is 17.7. The van der Waals surface area contributed by atoms with E-state index in [9.17, 15) is 14.4 Å². The van der Waals surface area contributed by atoms with Gasteiger partial charge < -0.3 is 14.3 Å². The van der Waals surface area contributed by atoms with Gasteiger partial charge in [0.2, 0.25) is 0 Å². The molecule has 0 aliphatic heterocycles. The van der Waals surface area contributed by atoms with Crippen LogP contribution in [0.4, 0.5) is 9.59 Å². The molecule has 0 saturated heterocycles. The summed E-state index contributed by atoms with van der Waals surface area (Å²) in [6, 6.07) is 21.7. The number of hydrazine groups is 1. The highest BCUT2D eigenvalue weighted by molar-refractivity contribution is 7.10. The Labute approximate surface area is 184 Å². The van der Waals surface area contributed by atoms with E-state index in [0.29, 0.717) is 11.2 Å². The number of rotatable bonds is 7. The minimum atomic E-state index is -1.48. The summed E-state index contributed by atoms with van der Waals surface area (Å²) < 4.78 is 10.6. The van der Waals surface area contributed by atoms with Crippen LogP contribution in [0.3, 0.4) is 0 Å². The summed E-state index contributed by atoms with van der Waals surface area (Å²) in [4.78, 5) is 38.0. The van der Waals surface area contributed by atoms with Gasteiger partial charge in [0.1, 0.15) is 13.2 Å². The van der Waals surface area contributed by atoms with Crippen LogP contribution in [0.25, 0.3) is 0 Å². The van der Waals surface area contributed by atoms with Gasteiger partial charge in [-0.1, -0.05) is 66.7 Å². The third-order valence-electron chi connectivity index (χ3n) is 4.52. The molecule has 3 rings (SSSR count). The largest absolute Gasteiger partial charge is 0.443 e. The first-order chi connectivity index (χ1) is 15.0. The molecule has 1 N–H and O–H groups in total. The van der Waals surface area contributed by atoms with Crippen molar-refractivity contribution in [1.29, 1.82) is 0 Å². The van der Waals surface area contributed by atoms with E-state index in [-0.39, 0.29) is 13.2 Å². The maximum Gasteiger partial charge on any atom is 0.430 e. The molecule has 0 fully saturated rings. The molecule has 3 aromatic rings. The molecule has 8 heteroatoms. The van der Waals surface area contributed by atoms with Crippen LogP contribution in [-0.2, 0) is 33.0 Å². The van der Waals surface area contributed by atoms with Gasteiger partial charge in [-0.15, -0.1) is 11.3 Å². The Bertz CT molecular complexity index is 995. The highest BCUT2D eigenvalue weighted by Crippen LogP contribution is 2.29. The van der Waals surface area contributed by atoms with Crippen molar-refractivity contribution in [3.63, 3.8) is 0 Å². The average molecular weight is 439 g/mol. The van der Waals surface area contributed by atoms with E-state index in [1.54, 1.807) is 41.8 Å². The van der Waals surface area contributed by atoms with Gasteiger partial charge in [-0.25, -0.2) is 15.0 Å². The molecular formula is C23H22N2O5S. The number of aldehydes is 1. The number of hydrogen-bond donors (Lipinski definition) is 1. The van der Waals surface area contributed by atoms with Gasteiger partial charge in [-0.3, -0.25) is 0 Å². The predicted molar refractivity (Wildman–Crippen MR) is 116 cm³/mol. The van der Waals surface area contributed by atoms with Crippen LogP contribution in [0.1, 0.15) is 22.9 Å². The first kappa shape index (κ1) is 22.0. The highest BCUT2D eigenvalue weighted by Gasteiger charge is 2.41. The van der Waals surface area contributed by atoms with Crippen molar-refractivity contribution in [1.82, 2.24) is 10.4 Å². The fourth-order valence-electron chi connectivity index (χ4n) is 2.77. The zero-order valence-electron chi connectivity index (χ0n) is 16.9. The third kappa shape index (κ3) is 5.70. The van der Waals surface area contributed by atoms with Crippen molar-refractivity contribution in [2.75, 3.05) is 0 Å². The van der Waals surface area contributed by atoms with Gasteiger partial charge in [0, 0.05) is 4.88 Å². The van der Waals surface area contributed by atoms with E-state index in [4.69, 9.17) is 9.47 Å². The van der Waals surface area contributed by atoms with Crippen LogP contribution in [0, 0.1) is 0 Å². The molecule has 0 saturated carbocycles. The van der Waals surface area contributed by atoms with Crippen LogP contribution >= 0.6 is 11.3 Å². The van der Waals surface area contributed by atoms with Crippen molar-refractivity contribution in [3.05, 3.63) is 94.2 Å². The summed E-state index contributed by atoms with van der Waals surface area (Å²) in [5, 5.41) is 2.64. The smallest absolute Gasteiger partial charge is 0.430 e. The minimum Gasteiger partial charge on any atom is -0.443 e. The van der Waals surface area contributed by atoms with E-state index in [1.165, 1.54) is 18.3 Å². The fraction of sp³-hybridized carbons (Fsp3) is 0.174. The van der Waals surface area contributed by atoms with Crippen LogP contribution in [0.2, 0.25) is 0 Å². The molecular weight excluding hydrogens is 416 g/mol. The van der Waals surface area contributed by atoms with Crippen molar-refractivity contribution >= 4 is 29.8 Å². The first-order valence-corrected chi connectivity index (χ1v) is 10.4. The monoisotopic (exact) mass is 438 g/mol. The Morgan fingerprint density at radius 1 is 0.935 bits per heavy atom. The standard InChI is InChI=1S/C23H22N2O5S/c1-23(17-26,20-13-8-14-31-20)25(22(28)30-16-19-11-6-3-7-12-19)24-21(27)29-15-18-9-4-2-5-10-18/h2-14,17H,15-16H2,1H3,(H,24,27). The maximum atomic E-state index is 12.9. The van der Waals surface area contributed by atoms with E-state index >= 15 is 0 Å². The van der Waals surface area contributed by atoms with Crippen LogP contribution in [0.5, 0.6) is 0 Å². The second-order valence-electron chi connectivity index (χ2n) is 6.79. The molecule has 0 radical (unpaired) electrons. The number of nitrogens with zero attached hydrogens (tertiary/aromatic N) is 1. The lowest BCUT2D eigenvalue weighted by atomic mass is 10.0. The summed E-state index contributed by atoms with van der Waals surface area (Å²) in [6.45, 7) is 1.51. The third-order valence-corrected chi connectivity index (χ3v) is 5.61. The number of benzene rings is 2. The number of thiophene rings is 1. The average Bonchev–Trinajstić information content (AvgIpc) is 3.36. The summed E-state index contributed by atoms with van der Waals surface area (Å²) in [5.41, 5.74) is 2.45. The Kier molecular flexibility index (Phi) is 7.40. The molecule has 0 aliphatic carbocycles. The number of carbonyl (C=O) groups is 3. The lowest BCUT2D eigenvalue weighted by molar-refractivity contribution is -0.119. The number of ether oxygens (including phenoxy) is 2. The van der Waals surface area contributed by atoms with E-state index < -0.39 is 17.7 Å². The number of hydrogen-bond acceptors (Lipinski definition) is 6. The molecule has 0 spiro atoms. The molecule has 0 bridgehead atoms. The molecule has 1 heterocycles. The second-order valence-corrected chi connectivity index (χ2v) is 7.74. The van der Waals surface area contributed by atoms with Gasteiger partial charge in [-0.05, 0) is 29.5 Å². The second kappa shape index (κ2) is 10.4. The Morgan fingerprint density at radius 3 is 2.03 bits per heavy atom. The molecule has 160 valence electrons. The van der Waals surface area contributed by atoms with Gasteiger partial charge in [-0.2, -0.15) is 5.01 Å². The first-order valence-electron chi connectivity index (χ1n) is 9.51. The molecule has 1 aromatic heterocycles. The summed E-state index contributed by atoms with van der Waals surface area (Å²) in [5.74, 6) is 0. The van der Waals surface area contributed by atoms with Crippen molar-refractivity contribution in [3.8, 4) is 0 Å². The minimum absolute atomic E-state index is 0.0103. The maximum absolute atomic E-state index is 12.9. The van der Waals surface area contributed by atoms with Crippen molar-refractivity contribution in [2.24, 2.45) is 0 Å². The Hall–Kier alpha value is -3.65. The molecule has 2 aromatic carbocycles. The molecule has 0 aliphatic rings. The fourth-order valence-corrected chi connectivity index (χ4v) is 3.61. The molecule has 1 unspecified atom stereocenters. The number of nitrogens with one attached hydrogen (secondary N) is 1. The summed E-state index contributed by atoms with van der Waals surface area (Å²) >= 11 is 1.28. The SMILES string of the molecule is CC(C=O)(c1cccs1)N(NC(=O)OCc1ccccc1)C(=O)OCc1ccccc1.